The van der Waals surface area contributed by atoms with Gasteiger partial charge >= 0.3 is 5.97 Å². The van der Waals surface area contributed by atoms with Crippen LogP contribution in [0.3, 0.4) is 0 Å². The van der Waals surface area contributed by atoms with E-state index in [0.717, 1.165) is 35.7 Å². The van der Waals surface area contributed by atoms with Gasteiger partial charge < -0.3 is 24.0 Å². The molecule has 1 aromatic carbocycles. The quantitative estimate of drug-likeness (QED) is 0.402. The number of anilines is 1. The predicted octanol–water partition coefficient (Wildman–Crippen LogP) is 4.45. The Morgan fingerprint density at radius 3 is 2.66 bits per heavy atom. The fourth-order valence-corrected chi connectivity index (χ4v) is 4.63. The van der Waals surface area contributed by atoms with Crippen LogP contribution in [0.1, 0.15) is 20.8 Å². The third-order valence-electron chi connectivity index (χ3n) is 5.66. The molecule has 1 N–H and O–H groups in total. The van der Waals surface area contributed by atoms with Gasteiger partial charge in [-0.1, -0.05) is 17.3 Å². The van der Waals surface area contributed by atoms with Gasteiger partial charge in [-0.05, 0) is 29.6 Å². The zero-order chi connectivity index (χ0) is 24.2. The highest BCUT2D eigenvalue weighted by Gasteiger charge is 2.20. The highest BCUT2D eigenvalue weighted by atomic mass is 32.1. The average molecular weight is 489 g/mol. The summed E-state index contributed by atoms with van der Waals surface area (Å²) in [5, 5.41) is 25.0. The first-order chi connectivity index (χ1) is 17.1. The Morgan fingerprint density at radius 2 is 1.97 bits per heavy atom. The molecule has 5 rings (SSSR count). The summed E-state index contributed by atoms with van der Waals surface area (Å²) < 4.78 is 16.3. The van der Waals surface area contributed by atoms with Crippen molar-refractivity contribution in [2.45, 2.75) is 6.61 Å². The van der Waals surface area contributed by atoms with E-state index in [2.05, 4.69) is 21.1 Å². The van der Waals surface area contributed by atoms with E-state index < -0.39 is 5.97 Å². The van der Waals surface area contributed by atoms with E-state index >= 15 is 0 Å². The molecule has 0 unspecified atom stereocenters. The summed E-state index contributed by atoms with van der Waals surface area (Å²) in [7, 11) is 0. The van der Waals surface area contributed by atoms with Gasteiger partial charge in [0, 0.05) is 41.5 Å². The minimum absolute atomic E-state index is 0.0372. The van der Waals surface area contributed by atoms with Crippen LogP contribution in [0.25, 0.3) is 22.5 Å². The number of pyridine rings is 1. The van der Waals surface area contributed by atoms with Crippen LogP contribution in [0.15, 0.2) is 58.6 Å². The molecule has 1 saturated heterocycles. The SMILES string of the molecule is N#Cc1c(-c2ccon2)cc(-c2ccc(N3CCOCC3)cc2)nc1OCc1ccsc1C(=O)O. The van der Waals surface area contributed by atoms with Crippen LogP contribution in [0, 0.1) is 11.3 Å². The minimum atomic E-state index is -1.02. The number of hydrogen-bond donors (Lipinski definition) is 1. The second kappa shape index (κ2) is 9.97. The number of morpholine rings is 1. The molecule has 1 fully saturated rings. The van der Waals surface area contributed by atoms with Gasteiger partial charge in [0.15, 0.2) is 0 Å². The van der Waals surface area contributed by atoms with Crippen molar-refractivity contribution >= 4 is 23.0 Å². The minimum Gasteiger partial charge on any atom is -0.477 e. The lowest BCUT2D eigenvalue weighted by Gasteiger charge is -2.28. The summed E-state index contributed by atoms with van der Waals surface area (Å²) in [6, 6.07) is 15.3. The van der Waals surface area contributed by atoms with E-state index in [9.17, 15) is 15.2 Å². The van der Waals surface area contributed by atoms with E-state index in [4.69, 9.17) is 14.0 Å². The van der Waals surface area contributed by atoms with Gasteiger partial charge in [0.1, 0.15) is 35.1 Å². The van der Waals surface area contributed by atoms with E-state index in [0.29, 0.717) is 35.7 Å². The number of nitriles is 1. The van der Waals surface area contributed by atoms with Gasteiger partial charge in [-0.15, -0.1) is 11.3 Å². The second-order valence-electron chi connectivity index (χ2n) is 7.75. The number of hydrogen-bond acceptors (Lipinski definition) is 9. The molecule has 4 aromatic rings. The summed E-state index contributed by atoms with van der Waals surface area (Å²) in [5.41, 5.74) is 4.22. The highest BCUT2D eigenvalue weighted by Crippen LogP contribution is 2.34. The summed E-state index contributed by atoms with van der Waals surface area (Å²) >= 11 is 1.12. The molecule has 0 radical (unpaired) electrons. The molecule has 0 atom stereocenters. The first-order valence-electron chi connectivity index (χ1n) is 10.9. The second-order valence-corrected chi connectivity index (χ2v) is 8.66. The van der Waals surface area contributed by atoms with Crippen LogP contribution in [-0.4, -0.2) is 47.5 Å². The largest absolute Gasteiger partial charge is 0.477 e. The molecular formula is C25H20N4O5S. The van der Waals surface area contributed by atoms with Crippen LogP contribution < -0.4 is 9.64 Å². The average Bonchev–Trinajstić information content (AvgIpc) is 3.60. The van der Waals surface area contributed by atoms with Crippen molar-refractivity contribution in [3.63, 3.8) is 0 Å². The number of aromatic carboxylic acids is 1. The molecule has 10 heteroatoms. The lowest BCUT2D eigenvalue weighted by atomic mass is 10.0. The molecule has 0 saturated carbocycles. The number of benzene rings is 1. The Balaban J connectivity index is 1.51. The maximum absolute atomic E-state index is 11.5. The predicted molar refractivity (Wildman–Crippen MR) is 129 cm³/mol. The topological polar surface area (TPSA) is 122 Å². The summed E-state index contributed by atoms with van der Waals surface area (Å²) in [6.45, 7) is 3.04. The van der Waals surface area contributed by atoms with Gasteiger partial charge in [-0.3, -0.25) is 0 Å². The van der Waals surface area contributed by atoms with Crippen molar-refractivity contribution in [3.05, 3.63) is 70.1 Å². The first-order valence-corrected chi connectivity index (χ1v) is 11.7. The molecular weight excluding hydrogens is 468 g/mol. The van der Waals surface area contributed by atoms with Gasteiger partial charge in [-0.25, -0.2) is 9.78 Å². The standard InChI is InChI=1S/C25H20N4O5S/c26-14-20-19(21-5-9-34-28-21)13-22(16-1-3-18(4-2-16)29-7-10-32-11-8-29)27-24(20)33-15-17-6-12-35-23(17)25(30)31/h1-6,9,12-13H,7-8,10-11,15H2,(H,30,31). The van der Waals surface area contributed by atoms with Gasteiger partial charge in [0.05, 0.1) is 18.9 Å². The zero-order valence-corrected chi connectivity index (χ0v) is 19.3. The Labute approximate surface area is 204 Å². The monoisotopic (exact) mass is 488 g/mol. The molecule has 0 aliphatic carbocycles. The van der Waals surface area contributed by atoms with Crippen LogP contribution >= 0.6 is 11.3 Å². The molecule has 1 aliphatic heterocycles. The molecule has 0 spiro atoms. The third kappa shape index (κ3) is 4.73. The third-order valence-corrected chi connectivity index (χ3v) is 6.60. The molecule has 0 amide bonds. The van der Waals surface area contributed by atoms with Gasteiger partial charge in [-0.2, -0.15) is 5.26 Å². The lowest BCUT2D eigenvalue weighted by Crippen LogP contribution is -2.36. The number of ether oxygens (including phenoxy) is 2. The van der Waals surface area contributed by atoms with E-state index in [1.165, 1.54) is 6.26 Å². The Kier molecular flexibility index (Phi) is 6.43. The normalized spacial score (nSPS) is 13.4. The molecule has 176 valence electrons. The molecule has 1 aliphatic rings. The van der Waals surface area contributed by atoms with Crippen molar-refractivity contribution in [1.82, 2.24) is 10.1 Å². The van der Waals surface area contributed by atoms with Gasteiger partial charge in [0.25, 0.3) is 0 Å². The van der Waals surface area contributed by atoms with Gasteiger partial charge in [0.2, 0.25) is 5.88 Å². The van der Waals surface area contributed by atoms with Crippen molar-refractivity contribution in [3.8, 4) is 34.5 Å². The van der Waals surface area contributed by atoms with E-state index in [1.807, 2.05) is 24.3 Å². The van der Waals surface area contributed by atoms with E-state index in [-0.39, 0.29) is 22.9 Å². The molecule has 35 heavy (non-hydrogen) atoms. The van der Waals surface area contributed by atoms with Crippen molar-refractivity contribution in [2.24, 2.45) is 0 Å². The Morgan fingerprint density at radius 1 is 1.17 bits per heavy atom. The highest BCUT2D eigenvalue weighted by molar-refractivity contribution is 7.12. The number of carbonyl (C=O) groups is 1. The summed E-state index contributed by atoms with van der Waals surface area (Å²) in [4.78, 5) is 18.5. The van der Waals surface area contributed by atoms with Crippen molar-refractivity contribution in [2.75, 3.05) is 31.2 Å². The Hall–Kier alpha value is -4.20. The summed E-state index contributed by atoms with van der Waals surface area (Å²) in [5.74, 6) is -0.924. The number of carboxylic acid groups (broad SMARTS) is 1. The molecule has 0 bridgehead atoms. The smallest absolute Gasteiger partial charge is 0.346 e. The molecule has 9 nitrogen and oxygen atoms in total. The number of carboxylic acids is 1. The Bertz CT molecular complexity index is 1370. The number of nitrogens with zero attached hydrogens (tertiary/aromatic N) is 4. The fourth-order valence-electron chi connectivity index (χ4n) is 3.88. The number of rotatable bonds is 7. The fraction of sp³-hybridized carbons (Fsp3) is 0.200. The van der Waals surface area contributed by atoms with E-state index in [1.54, 1.807) is 23.6 Å². The van der Waals surface area contributed by atoms with Crippen LogP contribution in [0.4, 0.5) is 5.69 Å². The maximum atomic E-state index is 11.5. The van der Waals surface area contributed by atoms with Crippen LogP contribution in [0.2, 0.25) is 0 Å². The number of aromatic nitrogens is 2. The van der Waals surface area contributed by atoms with Crippen molar-refractivity contribution in [1.29, 1.82) is 5.26 Å². The van der Waals surface area contributed by atoms with Crippen LogP contribution in [-0.2, 0) is 11.3 Å². The molecule has 3 aromatic heterocycles. The zero-order valence-electron chi connectivity index (χ0n) is 18.5. The lowest BCUT2D eigenvalue weighted by molar-refractivity contribution is 0.0699. The number of thiophene rings is 1. The van der Waals surface area contributed by atoms with Crippen molar-refractivity contribution < 1.29 is 23.9 Å². The summed E-state index contributed by atoms with van der Waals surface area (Å²) in [6.07, 6.45) is 1.43. The first kappa shape index (κ1) is 22.6. The maximum Gasteiger partial charge on any atom is 0.346 e. The molecule has 4 heterocycles. The van der Waals surface area contributed by atoms with Crippen LogP contribution in [0.5, 0.6) is 5.88 Å².